The third-order valence-electron chi connectivity index (χ3n) is 7.31. The number of para-hydroxylation sites is 1. The Morgan fingerprint density at radius 3 is 1.71 bits per heavy atom. The summed E-state index contributed by atoms with van der Waals surface area (Å²) in [5.41, 5.74) is 8.14. The number of fused-ring (bicyclic) bond motifs is 6. The van der Waals surface area contributed by atoms with Crippen LogP contribution in [-0.4, -0.2) is 29.1 Å². The van der Waals surface area contributed by atoms with Crippen molar-refractivity contribution in [2.75, 3.05) is 0 Å². The van der Waals surface area contributed by atoms with E-state index in [1.165, 1.54) is 44.1 Å². The van der Waals surface area contributed by atoms with Gasteiger partial charge in [-0.15, -0.1) is 0 Å². The number of pyridine rings is 2. The molecule has 6 heteroatoms. The van der Waals surface area contributed by atoms with E-state index >= 15 is 0 Å². The van der Waals surface area contributed by atoms with Gasteiger partial charge in [0.25, 0.3) is 0 Å². The average molecular weight is 507 g/mol. The molecule has 0 aliphatic carbocycles. The van der Waals surface area contributed by atoms with Crippen molar-refractivity contribution in [3.63, 3.8) is 0 Å². The quantitative estimate of drug-likeness (QED) is 0.240. The third kappa shape index (κ3) is 4.22. The highest BCUT2D eigenvalue weighted by Gasteiger charge is 2.20. The van der Waals surface area contributed by atoms with Crippen molar-refractivity contribution < 1.29 is 0 Å². The molecular weight excluding hydrogens is 468 g/mol. The molecule has 196 valence electrons. The zero-order chi connectivity index (χ0) is 27.4. The van der Waals surface area contributed by atoms with E-state index in [-0.39, 0.29) is 5.41 Å². The molecule has 38 heavy (non-hydrogen) atoms. The molecule has 0 N–H and O–H groups in total. The van der Waals surface area contributed by atoms with Crippen molar-refractivity contribution in [2.24, 2.45) is 14.1 Å². The van der Waals surface area contributed by atoms with Crippen molar-refractivity contribution >= 4 is 43.7 Å². The van der Waals surface area contributed by atoms with E-state index in [0.29, 0.717) is 11.8 Å². The van der Waals surface area contributed by atoms with Crippen LogP contribution < -0.4 is 0 Å². The van der Waals surface area contributed by atoms with Crippen molar-refractivity contribution in [1.82, 2.24) is 29.1 Å². The maximum atomic E-state index is 4.76. The standard InChI is InChI=1S/C17H21N3.C15H17N3/c1-10(2)16-14-12(6-8-18-16)20(5)13-7-9-19-17(11(3)4)15(13)14;1-15(2,3)14-16-9-12-13(17-14)10-7-5-6-8-11(10)18(12)4/h6-11H,1-5H3;5-9H,1-4H3. The molecule has 0 fully saturated rings. The summed E-state index contributed by atoms with van der Waals surface area (Å²) in [6, 6.07) is 12.6. The fourth-order valence-electron chi connectivity index (χ4n) is 5.29. The highest BCUT2D eigenvalue weighted by atomic mass is 15.0. The van der Waals surface area contributed by atoms with E-state index in [1.54, 1.807) is 0 Å². The van der Waals surface area contributed by atoms with E-state index in [4.69, 9.17) is 4.98 Å². The normalized spacial score (nSPS) is 12.3. The van der Waals surface area contributed by atoms with Gasteiger partial charge in [0.2, 0.25) is 0 Å². The molecule has 1 aromatic carbocycles. The highest BCUT2D eigenvalue weighted by Crippen LogP contribution is 2.36. The van der Waals surface area contributed by atoms with Gasteiger partial charge in [-0.1, -0.05) is 66.7 Å². The van der Waals surface area contributed by atoms with Gasteiger partial charge in [0.1, 0.15) is 5.82 Å². The molecule has 0 aliphatic heterocycles. The molecule has 0 radical (unpaired) electrons. The molecule has 0 aliphatic rings. The number of rotatable bonds is 2. The lowest BCUT2D eigenvalue weighted by atomic mass is 9.96. The fraction of sp³-hybridized carbons (Fsp3) is 0.375. The van der Waals surface area contributed by atoms with Crippen LogP contribution >= 0.6 is 0 Å². The molecule has 0 saturated carbocycles. The zero-order valence-electron chi connectivity index (χ0n) is 24.0. The minimum Gasteiger partial charge on any atom is -0.343 e. The van der Waals surface area contributed by atoms with Crippen LogP contribution in [0.15, 0.2) is 55.0 Å². The predicted molar refractivity (Wildman–Crippen MR) is 159 cm³/mol. The fourth-order valence-corrected chi connectivity index (χ4v) is 5.29. The monoisotopic (exact) mass is 506 g/mol. The van der Waals surface area contributed by atoms with E-state index < -0.39 is 0 Å². The molecule has 0 saturated heterocycles. The average Bonchev–Trinajstić information content (AvgIpc) is 3.35. The van der Waals surface area contributed by atoms with Crippen LogP contribution in [0.3, 0.4) is 0 Å². The van der Waals surface area contributed by atoms with E-state index in [2.05, 4.69) is 123 Å². The van der Waals surface area contributed by atoms with Gasteiger partial charge in [-0.2, -0.15) is 0 Å². The Morgan fingerprint density at radius 2 is 1.18 bits per heavy atom. The molecule has 0 spiro atoms. The largest absolute Gasteiger partial charge is 0.343 e. The number of aryl methyl sites for hydroxylation is 2. The highest BCUT2D eigenvalue weighted by molar-refractivity contribution is 6.10. The second kappa shape index (κ2) is 9.50. The lowest BCUT2D eigenvalue weighted by Gasteiger charge is -2.15. The smallest absolute Gasteiger partial charge is 0.134 e. The van der Waals surface area contributed by atoms with Crippen LogP contribution in [0, 0.1) is 0 Å². The molecule has 6 nitrogen and oxygen atoms in total. The number of hydrogen-bond acceptors (Lipinski definition) is 4. The van der Waals surface area contributed by atoms with Crippen molar-refractivity contribution in [1.29, 1.82) is 0 Å². The summed E-state index contributed by atoms with van der Waals surface area (Å²) in [4.78, 5) is 18.5. The first-order valence-corrected chi connectivity index (χ1v) is 13.4. The Labute approximate surface area is 224 Å². The molecule has 0 bridgehead atoms. The summed E-state index contributed by atoms with van der Waals surface area (Å²) >= 11 is 0. The van der Waals surface area contributed by atoms with Crippen LogP contribution in [0.1, 0.15) is 77.5 Å². The van der Waals surface area contributed by atoms with Crippen LogP contribution in [0.2, 0.25) is 0 Å². The van der Waals surface area contributed by atoms with Crippen LogP contribution in [0.25, 0.3) is 43.7 Å². The number of nitrogens with zero attached hydrogens (tertiary/aromatic N) is 6. The van der Waals surface area contributed by atoms with Crippen molar-refractivity contribution in [3.05, 3.63) is 72.2 Å². The van der Waals surface area contributed by atoms with Gasteiger partial charge < -0.3 is 9.13 Å². The van der Waals surface area contributed by atoms with Gasteiger partial charge in [-0.25, -0.2) is 9.97 Å². The second-order valence-corrected chi connectivity index (χ2v) is 11.8. The summed E-state index contributed by atoms with van der Waals surface area (Å²) in [6.07, 6.45) is 5.76. The molecule has 0 unspecified atom stereocenters. The Kier molecular flexibility index (Phi) is 6.46. The SMILES string of the molecule is CC(C)c1nccc2c1c1c(C(C)C)nccc1n2C.Cn1c2ccccc2c2nc(C(C)(C)C)ncc21. The van der Waals surface area contributed by atoms with Crippen molar-refractivity contribution in [3.8, 4) is 0 Å². The maximum Gasteiger partial charge on any atom is 0.134 e. The second-order valence-electron chi connectivity index (χ2n) is 11.8. The minimum absolute atomic E-state index is 0.0227. The summed E-state index contributed by atoms with van der Waals surface area (Å²) in [6.45, 7) is 15.2. The molecular formula is C32H38N6. The lowest BCUT2D eigenvalue weighted by Crippen LogP contribution is -2.15. The lowest BCUT2D eigenvalue weighted by molar-refractivity contribution is 0.548. The molecule has 5 aromatic heterocycles. The summed E-state index contributed by atoms with van der Waals surface area (Å²) in [5, 5.41) is 3.75. The summed E-state index contributed by atoms with van der Waals surface area (Å²) in [7, 11) is 4.18. The topological polar surface area (TPSA) is 61.4 Å². The van der Waals surface area contributed by atoms with Gasteiger partial charge in [-0.3, -0.25) is 9.97 Å². The minimum atomic E-state index is -0.0227. The van der Waals surface area contributed by atoms with Crippen molar-refractivity contribution in [2.45, 2.75) is 65.7 Å². The van der Waals surface area contributed by atoms with Gasteiger partial charge >= 0.3 is 0 Å². The Hall–Kier alpha value is -3.80. The number of benzene rings is 1. The first-order chi connectivity index (χ1) is 18.0. The maximum absolute atomic E-state index is 4.76. The van der Waals surface area contributed by atoms with Crippen LogP contribution in [-0.2, 0) is 19.5 Å². The molecule has 5 heterocycles. The zero-order valence-corrected chi connectivity index (χ0v) is 24.0. The Morgan fingerprint density at radius 1 is 0.658 bits per heavy atom. The van der Waals surface area contributed by atoms with Gasteiger partial charge in [0, 0.05) is 48.1 Å². The predicted octanol–water partition coefficient (Wildman–Crippen LogP) is 7.79. The van der Waals surface area contributed by atoms with E-state index in [9.17, 15) is 0 Å². The number of aromatic nitrogens is 6. The van der Waals surface area contributed by atoms with Gasteiger partial charge in [0.15, 0.2) is 0 Å². The Bertz CT molecular complexity index is 1710. The summed E-state index contributed by atoms with van der Waals surface area (Å²) in [5.74, 6) is 1.71. The molecule has 0 amide bonds. The van der Waals surface area contributed by atoms with Crippen LogP contribution in [0.5, 0.6) is 0 Å². The molecule has 6 rings (SSSR count). The first-order valence-electron chi connectivity index (χ1n) is 13.4. The molecule has 0 atom stereocenters. The summed E-state index contributed by atoms with van der Waals surface area (Å²) < 4.78 is 4.41. The van der Waals surface area contributed by atoms with Crippen LogP contribution in [0.4, 0.5) is 0 Å². The third-order valence-corrected chi connectivity index (χ3v) is 7.31. The van der Waals surface area contributed by atoms with Gasteiger partial charge in [-0.05, 0) is 30.0 Å². The van der Waals surface area contributed by atoms with Gasteiger partial charge in [0.05, 0.1) is 45.2 Å². The van der Waals surface area contributed by atoms with E-state index in [1.807, 2.05) is 18.6 Å². The molecule has 6 aromatic rings. The Balaban J connectivity index is 0.000000156. The first kappa shape index (κ1) is 25.8. The van der Waals surface area contributed by atoms with E-state index in [0.717, 1.165) is 16.9 Å². The number of hydrogen-bond donors (Lipinski definition) is 0.